The molecule has 0 saturated heterocycles. The summed E-state index contributed by atoms with van der Waals surface area (Å²) in [4.78, 5) is 13.6. The second-order valence-corrected chi connectivity index (χ2v) is 5.25. The van der Waals surface area contributed by atoms with Gasteiger partial charge in [-0.1, -0.05) is 18.1 Å². The third-order valence-electron chi connectivity index (χ3n) is 3.66. The van der Waals surface area contributed by atoms with Gasteiger partial charge in [0.05, 0.1) is 12.7 Å². The zero-order valence-electron chi connectivity index (χ0n) is 11.4. The third kappa shape index (κ3) is 4.00. The lowest BCUT2D eigenvalue weighted by Crippen LogP contribution is -2.30. The van der Waals surface area contributed by atoms with E-state index in [1.165, 1.54) is 25.7 Å². The van der Waals surface area contributed by atoms with E-state index >= 15 is 0 Å². The number of rotatable bonds is 6. The fourth-order valence-electron chi connectivity index (χ4n) is 2.58. The van der Waals surface area contributed by atoms with Gasteiger partial charge < -0.3 is 4.90 Å². The van der Waals surface area contributed by atoms with Crippen molar-refractivity contribution in [2.45, 2.75) is 32.2 Å². The molecule has 0 spiro atoms. The molecule has 1 fully saturated rings. The summed E-state index contributed by atoms with van der Waals surface area (Å²) in [6.07, 6.45) is 7.08. The van der Waals surface area contributed by atoms with Gasteiger partial charge in [-0.3, -0.25) is 14.9 Å². The van der Waals surface area contributed by atoms with Crippen molar-refractivity contribution in [1.29, 1.82) is 0 Å². The summed E-state index contributed by atoms with van der Waals surface area (Å²) in [5, 5.41) is 7.68. The molecule has 7 heteroatoms. The number of carbonyl (C=O) groups excluding carboxylic acids is 1. The van der Waals surface area contributed by atoms with Gasteiger partial charge in [0.1, 0.15) is 0 Å². The SMILES string of the molecule is CN(CCn1cc(C(=O)NN)nn1)CC1CCCC1. The Kier molecular flexibility index (Phi) is 4.86. The first-order chi connectivity index (χ1) is 9.19. The van der Waals surface area contributed by atoms with Crippen LogP contribution in [0.4, 0.5) is 0 Å². The van der Waals surface area contributed by atoms with Crippen molar-refractivity contribution in [3.8, 4) is 0 Å². The molecule has 0 radical (unpaired) electrons. The Morgan fingerprint density at radius 2 is 2.32 bits per heavy atom. The average molecular weight is 266 g/mol. The van der Waals surface area contributed by atoms with Gasteiger partial charge in [-0.25, -0.2) is 5.84 Å². The molecule has 1 aromatic heterocycles. The second kappa shape index (κ2) is 6.63. The number of hydrazine groups is 1. The minimum absolute atomic E-state index is 0.251. The maximum absolute atomic E-state index is 11.2. The van der Waals surface area contributed by atoms with Crippen LogP contribution in [0.5, 0.6) is 0 Å². The fourth-order valence-corrected chi connectivity index (χ4v) is 2.58. The van der Waals surface area contributed by atoms with E-state index in [2.05, 4.69) is 22.3 Å². The van der Waals surface area contributed by atoms with E-state index in [0.717, 1.165) is 25.6 Å². The van der Waals surface area contributed by atoms with E-state index in [0.29, 0.717) is 0 Å². The number of likely N-dealkylation sites (N-methyl/N-ethyl adjacent to an activating group) is 1. The standard InChI is InChI=1S/C12H22N6O/c1-17(8-10-4-2-3-5-10)6-7-18-9-11(15-16-18)12(19)14-13/h9-10H,2-8,13H2,1H3,(H,14,19). The zero-order valence-corrected chi connectivity index (χ0v) is 11.4. The molecule has 2 rings (SSSR count). The summed E-state index contributed by atoms with van der Waals surface area (Å²) in [7, 11) is 2.13. The summed E-state index contributed by atoms with van der Waals surface area (Å²) < 4.78 is 1.68. The molecule has 0 bridgehead atoms. The lowest BCUT2D eigenvalue weighted by atomic mass is 10.1. The Balaban J connectivity index is 1.74. The van der Waals surface area contributed by atoms with Gasteiger partial charge in [-0.2, -0.15) is 0 Å². The molecule has 1 aliphatic rings. The first-order valence-electron chi connectivity index (χ1n) is 6.78. The molecule has 1 saturated carbocycles. The van der Waals surface area contributed by atoms with Crippen LogP contribution in [0.3, 0.4) is 0 Å². The van der Waals surface area contributed by atoms with Crippen LogP contribution in [-0.4, -0.2) is 45.9 Å². The molecule has 106 valence electrons. The Labute approximate surface area is 113 Å². The molecule has 0 unspecified atom stereocenters. The van der Waals surface area contributed by atoms with E-state index in [1.807, 2.05) is 5.43 Å². The largest absolute Gasteiger partial charge is 0.304 e. The van der Waals surface area contributed by atoms with Crippen LogP contribution in [-0.2, 0) is 6.54 Å². The van der Waals surface area contributed by atoms with Crippen molar-refractivity contribution >= 4 is 5.91 Å². The van der Waals surface area contributed by atoms with Crippen molar-refractivity contribution in [1.82, 2.24) is 25.3 Å². The maximum Gasteiger partial charge on any atom is 0.287 e. The molecule has 1 amide bonds. The molecule has 1 heterocycles. The second-order valence-electron chi connectivity index (χ2n) is 5.25. The smallest absolute Gasteiger partial charge is 0.287 e. The predicted molar refractivity (Wildman–Crippen MR) is 71.1 cm³/mol. The molecule has 3 N–H and O–H groups in total. The highest BCUT2D eigenvalue weighted by atomic mass is 16.2. The summed E-state index contributed by atoms with van der Waals surface area (Å²) >= 11 is 0. The summed E-state index contributed by atoms with van der Waals surface area (Å²) in [6.45, 7) is 2.78. The van der Waals surface area contributed by atoms with E-state index in [4.69, 9.17) is 5.84 Å². The topological polar surface area (TPSA) is 89.1 Å². The third-order valence-corrected chi connectivity index (χ3v) is 3.66. The number of nitrogen functional groups attached to an aromatic ring is 1. The number of amides is 1. The first kappa shape index (κ1) is 14.0. The van der Waals surface area contributed by atoms with Gasteiger partial charge >= 0.3 is 0 Å². The monoisotopic (exact) mass is 266 g/mol. The quantitative estimate of drug-likeness (QED) is 0.430. The first-order valence-corrected chi connectivity index (χ1v) is 6.78. The van der Waals surface area contributed by atoms with Crippen molar-refractivity contribution < 1.29 is 4.79 Å². The molecule has 7 nitrogen and oxygen atoms in total. The number of nitrogens with one attached hydrogen (secondary N) is 1. The molecular formula is C12H22N6O. The Bertz CT molecular complexity index is 412. The number of hydrogen-bond donors (Lipinski definition) is 2. The Morgan fingerprint density at radius 3 is 3.00 bits per heavy atom. The molecule has 0 aromatic carbocycles. The Morgan fingerprint density at radius 1 is 1.58 bits per heavy atom. The molecular weight excluding hydrogens is 244 g/mol. The number of aromatic nitrogens is 3. The van der Waals surface area contributed by atoms with Crippen molar-refractivity contribution in [3.63, 3.8) is 0 Å². The number of nitrogens with zero attached hydrogens (tertiary/aromatic N) is 4. The minimum atomic E-state index is -0.412. The van der Waals surface area contributed by atoms with Crippen LogP contribution >= 0.6 is 0 Å². The van der Waals surface area contributed by atoms with Crippen LogP contribution in [0.25, 0.3) is 0 Å². The van der Waals surface area contributed by atoms with Crippen molar-refractivity contribution in [3.05, 3.63) is 11.9 Å². The number of nitrogens with two attached hydrogens (primary N) is 1. The maximum atomic E-state index is 11.2. The zero-order chi connectivity index (χ0) is 13.7. The molecule has 1 aliphatic carbocycles. The molecule has 19 heavy (non-hydrogen) atoms. The predicted octanol–water partition coefficient (Wildman–Crippen LogP) is 0.00360. The highest BCUT2D eigenvalue weighted by Crippen LogP contribution is 2.24. The fraction of sp³-hybridized carbons (Fsp3) is 0.750. The number of hydrogen-bond acceptors (Lipinski definition) is 5. The van der Waals surface area contributed by atoms with Crippen LogP contribution in [0.1, 0.15) is 36.2 Å². The molecule has 0 aliphatic heterocycles. The summed E-state index contributed by atoms with van der Waals surface area (Å²) in [5.74, 6) is 5.48. The van der Waals surface area contributed by atoms with Crippen LogP contribution in [0, 0.1) is 5.92 Å². The van der Waals surface area contributed by atoms with Gasteiger partial charge in [0.25, 0.3) is 5.91 Å². The highest BCUT2D eigenvalue weighted by molar-refractivity contribution is 5.91. The van der Waals surface area contributed by atoms with Gasteiger partial charge in [0.15, 0.2) is 5.69 Å². The normalized spacial score (nSPS) is 16.2. The van der Waals surface area contributed by atoms with Crippen LogP contribution in [0.2, 0.25) is 0 Å². The minimum Gasteiger partial charge on any atom is -0.304 e. The van der Waals surface area contributed by atoms with Gasteiger partial charge in [-0.05, 0) is 25.8 Å². The summed E-state index contributed by atoms with van der Waals surface area (Å²) in [6, 6.07) is 0. The van der Waals surface area contributed by atoms with E-state index in [9.17, 15) is 4.79 Å². The highest BCUT2D eigenvalue weighted by Gasteiger charge is 2.16. The number of carbonyl (C=O) groups is 1. The van der Waals surface area contributed by atoms with E-state index in [-0.39, 0.29) is 5.69 Å². The lowest BCUT2D eigenvalue weighted by molar-refractivity contribution is 0.0948. The molecule has 0 atom stereocenters. The van der Waals surface area contributed by atoms with Crippen LogP contribution < -0.4 is 11.3 Å². The summed E-state index contributed by atoms with van der Waals surface area (Å²) in [5.41, 5.74) is 2.29. The van der Waals surface area contributed by atoms with E-state index < -0.39 is 5.91 Å². The molecule has 1 aromatic rings. The van der Waals surface area contributed by atoms with Crippen molar-refractivity contribution in [2.75, 3.05) is 20.1 Å². The van der Waals surface area contributed by atoms with Gasteiger partial charge in [-0.15, -0.1) is 5.10 Å². The van der Waals surface area contributed by atoms with E-state index in [1.54, 1.807) is 10.9 Å². The Hall–Kier alpha value is -1.47. The van der Waals surface area contributed by atoms with Gasteiger partial charge in [0.2, 0.25) is 0 Å². The van der Waals surface area contributed by atoms with Gasteiger partial charge in [0, 0.05) is 13.1 Å². The van der Waals surface area contributed by atoms with Crippen LogP contribution in [0.15, 0.2) is 6.20 Å². The average Bonchev–Trinajstić information content (AvgIpc) is 3.06. The van der Waals surface area contributed by atoms with Crippen molar-refractivity contribution in [2.24, 2.45) is 11.8 Å². The lowest BCUT2D eigenvalue weighted by Gasteiger charge is -2.20.